The number of amides is 3. The molecule has 1 saturated heterocycles. The molecule has 2 heterocycles. The van der Waals surface area contributed by atoms with Gasteiger partial charge < -0.3 is 36.2 Å². The number of phenols is 1. The fraction of sp³-hybridized carbons (Fsp3) is 0.711. The summed E-state index contributed by atoms with van der Waals surface area (Å²) in [5.41, 5.74) is 5.86. The molecule has 0 radical (unpaired) electrons. The van der Waals surface area contributed by atoms with E-state index in [0.717, 1.165) is 63.5 Å². The van der Waals surface area contributed by atoms with Crippen LogP contribution in [0.1, 0.15) is 147 Å². The van der Waals surface area contributed by atoms with E-state index in [0.29, 0.717) is 44.1 Å². The van der Waals surface area contributed by atoms with E-state index in [1.807, 2.05) is 25.7 Å². The highest BCUT2D eigenvalue weighted by atomic mass is 32.1. The highest BCUT2D eigenvalue weighted by Gasteiger charge is 2.39. The fourth-order valence-corrected chi connectivity index (χ4v) is 8.85. The minimum atomic E-state index is -1.11. The molecule has 3 amide bonds. The number of rotatable bonds is 26. The number of hydrogen-bond acceptors (Lipinski definition) is 10. The predicted octanol–water partition coefficient (Wildman–Crippen LogP) is 6.94. The molecule has 2 unspecified atom stereocenters. The number of benzene rings is 1. The minimum absolute atomic E-state index is 0.0423. The first-order chi connectivity index (χ1) is 28.1. The van der Waals surface area contributed by atoms with Crippen LogP contribution in [0.3, 0.4) is 0 Å². The van der Waals surface area contributed by atoms with Gasteiger partial charge in [0.25, 0.3) is 5.91 Å². The van der Waals surface area contributed by atoms with Gasteiger partial charge in [-0.25, -0.2) is 4.98 Å². The maximum Gasteiger partial charge on any atom is 0.309 e. The van der Waals surface area contributed by atoms with Gasteiger partial charge in [-0.3, -0.25) is 24.1 Å². The quantitative estimate of drug-likeness (QED) is 0.0622. The molecule has 332 valence electrons. The lowest BCUT2D eigenvalue weighted by atomic mass is 9.84. The third-order valence-corrected chi connectivity index (χ3v) is 12.7. The number of thiazole rings is 1. The van der Waals surface area contributed by atoms with Crippen molar-refractivity contribution in [2.24, 2.45) is 23.0 Å². The summed E-state index contributed by atoms with van der Waals surface area (Å²) in [5, 5.41) is 28.3. The summed E-state index contributed by atoms with van der Waals surface area (Å²) in [7, 11) is 0. The Bertz CT molecular complexity index is 1600. The third-order valence-electron chi connectivity index (χ3n) is 11.8. The molecule has 0 spiro atoms. The molecule has 59 heavy (non-hydrogen) atoms. The zero-order valence-electron chi connectivity index (χ0n) is 37.0. The van der Waals surface area contributed by atoms with Crippen molar-refractivity contribution in [1.29, 1.82) is 0 Å². The zero-order valence-corrected chi connectivity index (χ0v) is 37.8. The molecule has 1 aliphatic rings. The molecule has 0 aliphatic carbocycles. The van der Waals surface area contributed by atoms with Gasteiger partial charge in [-0.05, 0) is 89.0 Å². The number of carboxylic acid groups (broad SMARTS) is 1. The number of aliphatic carboxylic acids is 1. The lowest BCUT2D eigenvalue weighted by molar-refractivity contribution is -0.147. The van der Waals surface area contributed by atoms with Crippen molar-refractivity contribution in [2.45, 2.75) is 156 Å². The molecule has 6 atom stereocenters. The number of nitrogens with zero attached hydrogens (tertiary/aromatic N) is 3. The topological polar surface area (TPSA) is 187 Å². The number of unbranched alkanes of at least 4 members (excludes halogenated alkanes) is 3. The molecule has 3 rings (SSSR count). The van der Waals surface area contributed by atoms with Crippen molar-refractivity contribution in [1.82, 2.24) is 25.4 Å². The number of phenolic OH excluding ortho intramolecular Hbond substituents is 1. The van der Waals surface area contributed by atoms with Gasteiger partial charge in [0.1, 0.15) is 28.6 Å². The van der Waals surface area contributed by atoms with E-state index in [9.17, 15) is 29.4 Å². The number of carbonyl (C=O) groups is 4. The molecule has 6 N–H and O–H groups in total. The summed E-state index contributed by atoms with van der Waals surface area (Å²) in [6.07, 6.45) is 7.88. The second-order valence-corrected chi connectivity index (χ2v) is 18.2. The number of carbonyl (C=O) groups excluding carboxylic acids is 3. The van der Waals surface area contributed by atoms with Crippen molar-refractivity contribution in [2.75, 3.05) is 32.8 Å². The van der Waals surface area contributed by atoms with E-state index in [2.05, 4.69) is 36.3 Å². The molecule has 1 fully saturated rings. The number of aromatic nitrogens is 1. The third kappa shape index (κ3) is 15.1. The average Bonchev–Trinajstić information content (AvgIpc) is 3.70. The van der Waals surface area contributed by atoms with Crippen LogP contribution in [0.5, 0.6) is 5.75 Å². The monoisotopic (exact) mass is 843 g/mol. The van der Waals surface area contributed by atoms with Crippen LogP contribution in [0.25, 0.3) is 0 Å². The summed E-state index contributed by atoms with van der Waals surface area (Å²) >= 11 is 1.33. The van der Waals surface area contributed by atoms with Gasteiger partial charge in [-0.2, -0.15) is 0 Å². The van der Waals surface area contributed by atoms with Crippen LogP contribution in [0.15, 0.2) is 29.6 Å². The van der Waals surface area contributed by atoms with Crippen LogP contribution in [0.4, 0.5) is 0 Å². The first-order valence-electron chi connectivity index (χ1n) is 22.0. The van der Waals surface area contributed by atoms with Crippen LogP contribution in [0.2, 0.25) is 0 Å². The Morgan fingerprint density at radius 3 is 2.37 bits per heavy atom. The second kappa shape index (κ2) is 24.6. The molecule has 1 aromatic carbocycles. The van der Waals surface area contributed by atoms with Crippen molar-refractivity contribution in [3.63, 3.8) is 0 Å². The molecule has 2 aromatic rings. The van der Waals surface area contributed by atoms with E-state index >= 15 is 0 Å². The predicted molar refractivity (Wildman–Crippen MR) is 234 cm³/mol. The van der Waals surface area contributed by atoms with Crippen LogP contribution >= 0.6 is 11.3 Å². The number of carboxylic acids is 1. The summed E-state index contributed by atoms with van der Waals surface area (Å²) in [4.78, 5) is 63.7. The van der Waals surface area contributed by atoms with E-state index in [1.54, 1.807) is 43.5 Å². The first kappa shape index (κ1) is 49.8. The Hall–Kier alpha value is -3.59. The maximum atomic E-state index is 15.0. The molecule has 0 saturated carbocycles. The van der Waals surface area contributed by atoms with Crippen LogP contribution in [-0.2, 0) is 25.5 Å². The molecular weight excluding hydrogens is 769 g/mol. The van der Waals surface area contributed by atoms with E-state index in [-0.39, 0.29) is 53.6 Å². The Morgan fingerprint density at radius 2 is 1.76 bits per heavy atom. The fourth-order valence-electron chi connectivity index (χ4n) is 7.99. The summed E-state index contributed by atoms with van der Waals surface area (Å²) in [6, 6.07) is 4.87. The molecule has 1 aromatic heterocycles. The molecule has 1 aliphatic heterocycles. The number of hydrogen-bond donors (Lipinski definition) is 5. The minimum Gasteiger partial charge on any atom is -0.508 e. The Morgan fingerprint density at radius 1 is 1.05 bits per heavy atom. The van der Waals surface area contributed by atoms with Gasteiger partial charge in [0.05, 0.1) is 11.5 Å². The van der Waals surface area contributed by atoms with E-state index < -0.39 is 35.5 Å². The Balaban J connectivity index is 1.91. The maximum absolute atomic E-state index is 15.0. The van der Waals surface area contributed by atoms with Gasteiger partial charge >= 0.3 is 5.97 Å². The number of nitrogens with two attached hydrogens (primary N) is 1. The molecule has 14 heteroatoms. The van der Waals surface area contributed by atoms with Crippen molar-refractivity contribution >= 4 is 35.0 Å². The molecular formula is C45H74N6O7S. The average molecular weight is 843 g/mol. The van der Waals surface area contributed by atoms with Gasteiger partial charge in [0, 0.05) is 50.1 Å². The number of likely N-dealkylation sites (tertiary alicyclic amines) is 1. The van der Waals surface area contributed by atoms with Crippen molar-refractivity contribution in [3.8, 4) is 5.75 Å². The van der Waals surface area contributed by atoms with Crippen LogP contribution in [-0.4, -0.2) is 106 Å². The summed E-state index contributed by atoms with van der Waals surface area (Å²) < 4.78 is 6.35. The van der Waals surface area contributed by atoms with E-state index in [1.165, 1.54) is 11.3 Å². The second-order valence-electron chi connectivity index (χ2n) is 17.3. The Kier molecular flexibility index (Phi) is 20.8. The SMILES string of the molecule is CCCCCCN(C(=O)[C@@H](NC(=O)C1CCCCN1CCN)[C@@H](C)CC)[C@H](C[C@@H](OCC)c1nc(C(=O)NC(Cc2ccc(O)cc2)CC(C)(C)C(=O)O)cs1)C(C)C. The van der Waals surface area contributed by atoms with Crippen molar-refractivity contribution < 1.29 is 34.1 Å². The Labute approximate surface area is 357 Å². The normalized spacial score (nSPS) is 17.5. The van der Waals surface area contributed by atoms with Crippen molar-refractivity contribution in [3.05, 3.63) is 45.9 Å². The summed E-state index contributed by atoms with van der Waals surface area (Å²) in [5.74, 6) is -1.51. The highest BCUT2D eigenvalue weighted by molar-refractivity contribution is 7.09. The van der Waals surface area contributed by atoms with Crippen LogP contribution < -0.4 is 16.4 Å². The zero-order chi connectivity index (χ0) is 43.7. The van der Waals surface area contributed by atoms with Crippen LogP contribution in [0, 0.1) is 17.3 Å². The smallest absolute Gasteiger partial charge is 0.309 e. The van der Waals surface area contributed by atoms with Gasteiger partial charge in [0.2, 0.25) is 11.8 Å². The van der Waals surface area contributed by atoms with Gasteiger partial charge in [-0.1, -0.05) is 78.9 Å². The van der Waals surface area contributed by atoms with Gasteiger partial charge in [-0.15, -0.1) is 11.3 Å². The molecule has 0 bridgehead atoms. The van der Waals surface area contributed by atoms with Gasteiger partial charge in [0.15, 0.2) is 0 Å². The lowest BCUT2D eigenvalue weighted by Crippen LogP contribution is -2.59. The standard InChI is InChI=1S/C45H74N6O7S/c1-9-12-13-15-24-51(43(55)39(31(6)10-2)49-41(54)36-17-14-16-23-50(36)25-22-46)37(30(4)5)27-38(58-11-3)42-48-35(29-59-42)40(53)47-33(28-45(7,8)44(56)57)26-32-18-20-34(52)21-19-32/h18-21,29-31,33,36-39,52H,9-17,22-28,46H2,1-8H3,(H,47,53)(H,49,54)(H,56,57)/t31-,33?,36?,37+,38+,39-/m0/s1. The number of piperidine rings is 1. The lowest BCUT2D eigenvalue weighted by Gasteiger charge is -2.40. The van der Waals surface area contributed by atoms with E-state index in [4.69, 9.17) is 15.5 Å². The largest absolute Gasteiger partial charge is 0.508 e. The molecule has 13 nitrogen and oxygen atoms in total. The highest BCUT2D eigenvalue weighted by Crippen LogP contribution is 2.32. The first-order valence-corrected chi connectivity index (χ1v) is 22.9. The number of aromatic hydroxyl groups is 1. The number of ether oxygens (including phenoxy) is 1. The summed E-state index contributed by atoms with van der Waals surface area (Å²) in [6.45, 7) is 18.5. The number of nitrogens with one attached hydrogen (secondary N) is 2.